The summed E-state index contributed by atoms with van der Waals surface area (Å²) in [7, 11) is 0. The first kappa shape index (κ1) is 60.0. The standard InChI is InChI=1S/C60H89N5O3S/c1-4-7-9-11-13-15-17-19-21-23-25-27-29-31-33-35-37-39-41-46-57(66)62-51-44-43-45-55(59(68)65-60-64-54-49-48-53(61-50-6-3)52-56(54)69-60)63-58(67)47-42-40-38-36-34-32-30-28-26-24-22-20-18-16-14-12-10-8-5-2/h7-10,13-16,19-22,25-28,31-34,37-40,53,55,61H,4-6,11-12,17-18,23-24,29-30,35-36,41-52H2,1-3H3,(H,62,66)(H,63,67)(H,64,65,68)/b9-7-,10-8-,15-13-,16-14-,21-19-,22-20-,27-25-,28-26-,33-31-,34-32-,39-37-,40-38-/t53-,55+/m1/s1. The van der Waals surface area contributed by atoms with Crippen LogP contribution in [0.15, 0.2) is 146 Å². The molecular formula is C60H89N5O3S. The molecule has 0 aliphatic heterocycles. The Hall–Kier alpha value is -5.12. The number of amides is 3. The highest BCUT2D eigenvalue weighted by atomic mass is 32.1. The first-order valence-corrected chi connectivity index (χ1v) is 27.2. The molecule has 0 radical (unpaired) electrons. The van der Waals surface area contributed by atoms with E-state index in [1.165, 1.54) is 4.88 Å². The van der Waals surface area contributed by atoms with Crippen LogP contribution in [0.4, 0.5) is 5.13 Å². The van der Waals surface area contributed by atoms with Gasteiger partial charge in [0.25, 0.3) is 0 Å². The van der Waals surface area contributed by atoms with Gasteiger partial charge in [0, 0.05) is 30.3 Å². The first-order valence-electron chi connectivity index (χ1n) is 26.3. The number of carbonyl (C=O) groups is 3. The van der Waals surface area contributed by atoms with Gasteiger partial charge in [-0.15, -0.1) is 11.3 Å². The van der Waals surface area contributed by atoms with E-state index in [9.17, 15) is 14.4 Å². The Morgan fingerprint density at radius 2 is 1.00 bits per heavy atom. The van der Waals surface area contributed by atoms with Crippen LogP contribution in [-0.2, 0) is 27.2 Å². The Bertz CT molecular complexity index is 1890. The smallest absolute Gasteiger partial charge is 0.248 e. The van der Waals surface area contributed by atoms with Crippen LogP contribution in [0.3, 0.4) is 0 Å². The second kappa shape index (κ2) is 44.1. The number of hydrogen-bond acceptors (Lipinski definition) is 6. The van der Waals surface area contributed by atoms with Crippen LogP contribution in [0.5, 0.6) is 0 Å². The van der Waals surface area contributed by atoms with Crippen LogP contribution in [0.2, 0.25) is 0 Å². The van der Waals surface area contributed by atoms with Gasteiger partial charge in [0.05, 0.1) is 5.69 Å². The zero-order valence-electron chi connectivity index (χ0n) is 42.8. The van der Waals surface area contributed by atoms with Gasteiger partial charge in [-0.2, -0.15) is 0 Å². The number of nitrogens with zero attached hydrogens (tertiary/aromatic N) is 1. The third kappa shape index (κ3) is 34.8. The van der Waals surface area contributed by atoms with Gasteiger partial charge in [0.1, 0.15) is 6.04 Å². The molecule has 0 unspecified atom stereocenters. The van der Waals surface area contributed by atoms with Crippen molar-refractivity contribution in [2.24, 2.45) is 0 Å². The Morgan fingerprint density at radius 3 is 1.45 bits per heavy atom. The summed E-state index contributed by atoms with van der Waals surface area (Å²) in [5.74, 6) is -0.378. The number of fused-ring (bicyclic) bond motifs is 1. The lowest BCUT2D eigenvalue weighted by molar-refractivity contribution is -0.126. The van der Waals surface area contributed by atoms with Crippen molar-refractivity contribution in [2.45, 2.75) is 181 Å². The van der Waals surface area contributed by atoms with E-state index < -0.39 is 6.04 Å². The summed E-state index contributed by atoms with van der Waals surface area (Å²) in [6, 6.07) is -0.252. The maximum absolute atomic E-state index is 13.6. The number of carbonyl (C=O) groups excluding carboxylic acids is 3. The van der Waals surface area contributed by atoms with Crippen LogP contribution in [0, 0.1) is 0 Å². The maximum Gasteiger partial charge on any atom is 0.248 e. The normalized spacial score (nSPS) is 15.3. The summed E-state index contributed by atoms with van der Waals surface area (Å²) in [5.41, 5.74) is 1.07. The van der Waals surface area contributed by atoms with E-state index in [-0.39, 0.29) is 17.7 Å². The predicted octanol–water partition coefficient (Wildman–Crippen LogP) is 14.7. The molecule has 0 aromatic carbocycles. The molecule has 1 aliphatic rings. The monoisotopic (exact) mass is 960 g/mol. The fraction of sp³-hybridized carbons (Fsp3) is 0.500. The summed E-state index contributed by atoms with van der Waals surface area (Å²) in [5, 5.41) is 13.3. The molecule has 1 aromatic rings. The SMILES string of the molecule is CC/C=C\C/C=C\C/C=C\C/C=C\C/C=C\C/C=C\CCC(=O)NCCCC[C@H](NC(=O)CC/C=C\C/C=C\C/C=C\C/C=C\C/C=C\C/C=C\CC)C(=O)Nc1nc2c(s1)C[C@H](NCCC)CC2. The minimum Gasteiger partial charge on any atom is -0.356 e. The van der Waals surface area contributed by atoms with E-state index in [0.29, 0.717) is 62.7 Å². The molecule has 2 atom stereocenters. The number of aryl methyl sites for hydroxylation is 1. The number of unbranched alkanes of at least 4 members (excludes halogenated alkanes) is 1. The number of anilines is 1. The molecular weight excluding hydrogens is 871 g/mol. The van der Waals surface area contributed by atoms with Crippen LogP contribution < -0.4 is 21.3 Å². The Balaban J connectivity index is 1.71. The lowest BCUT2D eigenvalue weighted by atomic mass is 9.98. The van der Waals surface area contributed by atoms with Gasteiger partial charge in [-0.3, -0.25) is 14.4 Å². The second-order valence-electron chi connectivity index (χ2n) is 17.1. The van der Waals surface area contributed by atoms with E-state index in [0.717, 1.165) is 115 Å². The van der Waals surface area contributed by atoms with Crippen molar-refractivity contribution in [3.05, 3.63) is 156 Å². The molecule has 9 heteroatoms. The average Bonchev–Trinajstić information content (AvgIpc) is 3.75. The van der Waals surface area contributed by atoms with Crippen LogP contribution in [0.25, 0.3) is 0 Å². The zero-order valence-corrected chi connectivity index (χ0v) is 43.6. The number of rotatable bonds is 39. The summed E-state index contributed by atoms with van der Waals surface area (Å²) in [4.78, 5) is 45.3. The second-order valence-corrected chi connectivity index (χ2v) is 18.2. The highest BCUT2D eigenvalue weighted by molar-refractivity contribution is 7.15. The van der Waals surface area contributed by atoms with Gasteiger partial charge in [-0.05, 0) is 141 Å². The zero-order chi connectivity index (χ0) is 49.5. The van der Waals surface area contributed by atoms with Gasteiger partial charge in [-0.25, -0.2) is 4.98 Å². The van der Waals surface area contributed by atoms with Crippen LogP contribution in [0.1, 0.15) is 166 Å². The average molecular weight is 960 g/mol. The predicted molar refractivity (Wildman–Crippen MR) is 299 cm³/mol. The fourth-order valence-corrected chi connectivity index (χ4v) is 8.27. The molecule has 1 aromatic heterocycles. The van der Waals surface area contributed by atoms with E-state index in [4.69, 9.17) is 4.98 Å². The molecule has 378 valence electrons. The maximum atomic E-state index is 13.6. The molecule has 4 N–H and O–H groups in total. The van der Waals surface area contributed by atoms with Crippen molar-refractivity contribution in [1.29, 1.82) is 0 Å². The topological polar surface area (TPSA) is 112 Å². The van der Waals surface area contributed by atoms with Gasteiger partial charge in [0.15, 0.2) is 5.13 Å². The van der Waals surface area contributed by atoms with Crippen molar-refractivity contribution >= 4 is 34.2 Å². The molecule has 0 spiro atoms. The molecule has 0 bridgehead atoms. The van der Waals surface area contributed by atoms with E-state index in [2.05, 4.69) is 182 Å². The molecule has 0 saturated carbocycles. The van der Waals surface area contributed by atoms with Gasteiger partial charge < -0.3 is 21.3 Å². The van der Waals surface area contributed by atoms with E-state index in [1.54, 1.807) is 11.3 Å². The van der Waals surface area contributed by atoms with Crippen molar-refractivity contribution in [2.75, 3.05) is 18.4 Å². The fourth-order valence-electron chi connectivity index (χ4n) is 7.18. The molecule has 0 fully saturated rings. The lowest BCUT2D eigenvalue weighted by Gasteiger charge is -2.21. The van der Waals surface area contributed by atoms with Gasteiger partial charge in [0.2, 0.25) is 17.7 Å². The summed E-state index contributed by atoms with van der Waals surface area (Å²) < 4.78 is 0. The van der Waals surface area contributed by atoms with E-state index >= 15 is 0 Å². The minimum absolute atomic E-state index is 0.0198. The van der Waals surface area contributed by atoms with Crippen molar-refractivity contribution in [1.82, 2.24) is 20.9 Å². The number of aromatic nitrogens is 1. The molecule has 1 aliphatic carbocycles. The summed E-state index contributed by atoms with van der Waals surface area (Å²) in [6.45, 7) is 8.00. The quantitative estimate of drug-likeness (QED) is 0.0388. The van der Waals surface area contributed by atoms with Crippen LogP contribution >= 0.6 is 11.3 Å². The third-order valence-electron chi connectivity index (χ3n) is 11.0. The number of thiazole rings is 1. The molecule has 3 amide bonds. The van der Waals surface area contributed by atoms with Crippen molar-refractivity contribution in [3.8, 4) is 0 Å². The van der Waals surface area contributed by atoms with E-state index in [1.807, 2.05) is 6.08 Å². The Labute approximate surface area is 422 Å². The lowest BCUT2D eigenvalue weighted by Crippen LogP contribution is -2.43. The number of hydrogen-bond donors (Lipinski definition) is 4. The van der Waals surface area contributed by atoms with Gasteiger partial charge >= 0.3 is 0 Å². The largest absolute Gasteiger partial charge is 0.356 e. The summed E-state index contributed by atoms with van der Waals surface area (Å²) in [6.07, 6.45) is 71.5. The Kier molecular flexibility index (Phi) is 38.4. The molecule has 69 heavy (non-hydrogen) atoms. The Morgan fingerprint density at radius 1 is 0.565 bits per heavy atom. The summed E-state index contributed by atoms with van der Waals surface area (Å²) >= 11 is 1.54. The van der Waals surface area contributed by atoms with Crippen molar-refractivity contribution in [3.63, 3.8) is 0 Å². The highest BCUT2D eigenvalue weighted by Gasteiger charge is 2.25. The minimum atomic E-state index is -0.688. The molecule has 0 saturated heterocycles. The van der Waals surface area contributed by atoms with Gasteiger partial charge in [-0.1, -0.05) is 167 Å². The highest BCUT2D eigenvalue weighted by Crippen LogP contribution is 2.30. The number of nitrogens with one attached hydrogen (secondary N) is 4. The molecule has 2 rings (SSSR count). The molecule has 1 heterocycles. The van der Waals surface area contributed by atoms with Crippen molar-refractivity contribution < 1.29 is 14.4 Å². The third-order valence-corrected chi connectivity index (χ3v) is 12.1. The molecule has 8 nitrogen and oxygen atoms in total. The first-order chi connectivity index (χ1) is 34.0. The number of allylic oxidation sites excluding steroid dienone is 24. The van der Waals surface area contributed by atoms with Crippen LogP contribution in [-0.4, -0.2) is 47.9 Å².